The molecule has 0 N–H and O–H groups in total. The van der Waals surface area contributed by atoms with Crippen LogP contribution in [0.1, 0.15) is 51.5 Å². The molecular formula is C23H34N2O6S. The number of aromatic nitrogens is 1. The predicted octanol–water partition coefficient (Wildman–Crippen LogP) is 3.00. The van der Waals surface area contributed by atoms with E-state index in [4.69, 9.17) is 13.9 Å². The van der Waals surface area contributed by atoms with E-state index in [1.807, 2.05) is 0 Å². The molecule has 2 aromatic rings. The van der Waals surface area contributed by atoms with Crippen molar-refractivity contribution in [2.45, 2.75) is 68.0 Å². The van der Waals surface area contributed by atoms with Crippen LogP contribution in [0.25, 0.3) is 11.1 Å². The number of hydrogen-bond acceptors (Lipinski definition) is 7. The summed E-state index contributed by atoms with van der Waals surface area (Å²) in [6, 6.07) is 4.64. The first-order valence-electron chi connectivity index (χ1n) is 11.4. The van der Waals surface area contributed by atoms with Crippen molar-refractivity contribution in [3.8, 4) is 0 Å². The smallest absolute Gasteiger partial charge is 0.408 e. The fourth-order valence-corrected chi connectivity index (χ4v) is 5.89. The largest absolute Gasteiger partial charge is 0.420 e. The molecule has 1 saturated heterocycles. The Balaban J connectivity index is 1.43. The second-order valence-corrected chi connectivity index (χ2v) is 11.4. The van der Waals surface area contributed by atoms with Gasteiger partial charge in [0.15, 0.2) is 15.4 Å². The molecule has 1 aromatic carbocycles. The maximum atomic E-state index is 12.6. The van der Waals surface area contributed by atoms with Crippen molar-refractivity contribution >= 4 is 20.9 Å². The average Bonchev–Trinajstić information content (AvgIpc) is 3.10. The number of rotatable bonds is 7. The number of sulfone groups is 1. The lowest BCUT2D eigenvalue weighted by atomic mass is 9.79. The minimum atomic E-state index is -3.36. The Morgan fingerprint density at radius 2 is 1.81 bits per heavy atom. The first-order valence-corrected chi connectivity index (χ1v) is 13.3. The Labute approximate surface area is 189 Å². The van der Waals surface area contributed by atoms with E-state index in [9.17, 15) is 13.2 Å². The van der Waals surface area contributed by atoms with Gasteiger partial charge in [0.05, 0.1) is 29.7 Å². The molecule has 32 heavy (non-hydrogen) atoms. The van der Waals surface area contributed by atoms with E-state index < -0.39 is 15.6 Å². The van der Waals surface area contributed by atoms with Gasteiger partial charge in [-0.25, -0.2) is 13.2 Å². The number of oxazole rings is 1. The summed E-state index contributed by atoms with van der Waals surface area (Å²) in [6.45, 7) is 5.44. The van der Waals surface area contributed by atoms with Gasteiger partial charge in [-0.15, -0.1) is 0 Å². The highest BCUT2D eigenvalue weighted by atomic mass is 32.2. The zero-order chi connectivity index (χ0) is 22.9. The van der Waals surface area contributed by atoms with Crippen molar-refractivity contribution in [2.24, 2.45) is 0 Å². The Morgan fingerprint density at radius 3 is 2.44 bits per heavy atom. The van der Waals surface area contributed by atoms with Crippen LogP contribution in [0.15, 0.2) is 32.3 Å². The van der Waals surface area contributed by atoms with Crippen LogP contribution in [0.2, 0.25) is 0 Å². The maximum absolute atomic E-state index is 12.6. The summed E-state index contributed by atoms with van der Waals surface area (Å²) in [5, 5.41) is 0. The molecule has 0 unspecified atom stereocenters. The minimum Gasteiger partial charge on any atom is -0.408 e. The van der Waals surface area contributed by atoms with Gasteiger partial charge in [0.25, 0.3) is 0 Å². The van der Waals surface area contributed by atoms with Gasteiger partial charge in [0.1, 0.15) is 0 Å². The molecule has 0 atom stereocenters. The summed E-state index contributed by atoms with van der Waals surface area (Å²) in [5.41, 5.74) is 1.15. The third-order valence-corrected chi connectivity index (χ3v) is 8.37. The topological polar surface area (TPSA) is 91.0 Å². The van der Waals surface area contributed by atoms with E-state index in [2.05, 4.69) is 11.8 Å². The van der Waals surface area contributed by atoms with Crippen molar-refractivity contribution in [3.05, 3.63) is 28.7 Å². The van der Waals surface area contributed by atoms with Gasteiger partial charge >= 0.3 is 5.76 Å². The number of nitrogens with zero attached hydrogens (tertiary/aromatic N) is 2. The molecule has 1 aromatic heterocycles. The van der Waals surface area contributed by atoms with Crippen LogP contribution in [0.5, 0.6) is 0 Å². The Hall–Kier alpha value is -1.68. The molecule has 8 nitrogen and oxygen atoms in total. The zero-order valence-corrected chi connectivity index (χ0v) is 20.0. The van der Waals surface area contributed by atoms with Gasteiger partial charge in [-0.1, -0.05) is 0 Å². The molecule has 9 heteroatoms. The highest BCUT2D eigenvalue weighted by Crippen LogP contribution is 2.38. The number of methoxy groups -OCH3 is 1. The van der Waals surface area contributed by atoms with E-state index >= 15 is 0 Å². The summed E-state index contributed by atoms with van der Waals surface area (Å²) in [5.74, 6) is -0.413. The number of likely N-dealkylation sites (tertiary alicyclic amines) is 1. The quantitative estimate of drug-likeness (QED) is 0.579. The van der Waals surface area contributed by atoms with Crippen LogP contribution in [-0.2, 0) is 19.3 Å². The molecule has 0 spiro atoms. The van der Waals surface area contributed by atoms with E-state index in [0.29, 0.717) is 30.4 Å². The summed E-state index contributed by atoms with van der Waals surface area (Å²) in [6.07, 6.45) is 7.47. The second-order valence-electron chi connectivity index (χ2n) is 9.42. The van der Waals surface area contributed by atoms with Gasteiger partial charge in [-0.2, -0.15) is 0 Å². The lowest BCUT2D eigenvalue weighted by molar-refractivity contribution is -0.0419. The van der Waals surface area contributed by atoms with E-state index in [0.717, 1.165) is 51.6 Å². The molecule has 0 radical (unpaired) electrons. The van der Waals surface area contributed by atoms with Crippen molar-refractivity contribution in [1.82, 2.24) is 9.47 Å². The average molecular weight is 467 g/mol. The molecular weight excluding hydrogens is 432 g/mol. The molecule has 178 valence electrons. The fourth-order valence-electron chi connectivity index (χ4n) is 5.25. The Morgan fingerprint density at radius 1 is 1.12 bits per heavy atom. The van der Waals surface area contributed by atoms with Crippen LogP contribution in [0, 0.1) is 0 Å². The predicted molar refractivity (Wildman–Crippen MR) is 122 cm³/mol. The van der Waals surface area contributed by atoms with Gasteiger partial charge in [0.2, 0.25) is 0 Å². The fraction of sp³-hybridized carbons (Fsp3) is 0.696. The summed E-state index contributed by atoms with van der Waals surface area (Å²) >= 11 is 0. The number of piperidine rings is 1. The zero-order valence-electron chi connectivity index (χ0n) is 19.2. The first kappa shape index (κ1) is 23.5. The molecule has 0 bridgehead atoms. The van der Waals surface area contributed by atoms with Gasteiger partial charge in [-0.3, -0.25) is 9.47 Å². The maximum Gasteiger partial charge on any atom is 0.420 e. The number of fused-ring (bicyclic) bond motifs is 1. The lowest BCUT2D eigenvalue weighted by Crippen LogP contribution is -2.53. The highest BCUT2D eigenvalue weighted by molar-refractivity contribution is 7.90. The SMILES string of the molecule is COCCO[C@H]1CC[C@](C)(N2CCC(n3c(=O)oc4ccc(S(C)(=O)=O)cc43)CC2)CC1. The van der Waals surface area contributed by atoms with Crippen LogP contribution in [0.4, 0.5) is 0 Å². The first-order chi connectivity index (χ1) is 15.2. The standard InChI is InChI=1S/C23H34N2O6S/c1-23(10-6-18(7-11-23)30-15-14-29-2)24-12-8-17(9-13-24)25-20-16-19(32(3,27)28)4-5-21(20)31-22(25)26/h4-5,16-18H,6-15H2,1-3H3/t18-,23-. The third-order valence-electron chi connectivity index (χ3n) is 7.26. The molecule has 2 fully saturated rings. The molecule has 1 saturated carbocycles. The van der Waals surface area contributed by atoms with Gasteiger partial charge in [0, 0.05) is 38.0 Å². The van der Waals surface area contributed by atoms with E-state index in [1.165, 1.54) is 12.3 Å². The second kappa shape index (κ2) is 9.29. The van der Waals surface area contributed by atoms with Crippen LogP contribution < -0.4 is 5.76 Å². The minimum absolute atomic E-state index is 0.00660. The molecule has 2 aliphatic rings. The number of hydrogen-bond donors (Lipinski definition) is 0. The van der Waals surface area contributed by atoms with Crippen LogP contribution >= 0.6 is 0 Å². The van der Waals surface area contributed by atoms with Gasteiger partial charge < -0.3 is 13.9 Å². The molecule has 0 amide bonds. The van der Waals surface area contributed by atoms with E-state index in [-0.39, 0.29) is 16.5 Å². The summed E-state index contributed by atoms with van der Waals surface area (Å²) < 4.78 is 42.0. The normalized spacial score (nSPS) is 26.0. The monoisotopic (exact) mass is 466 g/mol. The van der Waals surface area contributed by atoms with Crippen molar-refractivity contribution in [1.29, 1.82) is 0 Å². The lowest BCUT2D eigenvalue weighted by Gasteiger charge is -2.48. The molecule has 1 aliphatic heterocycles. The van der Waals surface area contributed by atoms with Gasteiger partial charge in [-0.05, 0) is 63.6 Å². The third kappa shape index (κ3) is 4.81. The number of benzene rings is 1. The van der Waals surface area contributed by atoms with Crippen LogP contribution in [-0.4, -0.2) is 69.2 Å². The number of ether oxygens (including phenoxy) is 2. The van der Waals surface area contributed by atoms with Crippen molar-refractivity contribution in [3.63, 3.8) is 0 Å². The molecule has 2 heterocycles. The summed E-state index contributed by atoms with van der Waals surface area (Å²) in [7, 11) is -1.67. The summed E-state index contributed by atoms with van der Waals surface area (Å²) in [4.78, 5) is 15.4. The molecule has 1 aliphatic carbocycles. The van der Waals surface area contributed by atoms with Crippen LogP contribution in [0.3, 0.4) is 0 Å². The van der Waals surface area contributed by atoms with Crippen molar-refractivity contribution in [2.75, 3.05) is 39.7 Å². The van der Waals surface area contributed by atoms with Crippen molar-refractivity contribution < 1.29 is 22.3 Å². The molecule has 4 rings (SSSR count). The van der Waals surface area contributed by atoms with E-state index in [1.54, 1.807) is 23.8 Å². The Kier molecular flexibility index (Phi) is 6.81. The highest BCUT2D eigenvalue weighted by Gasteiger charge is 2.38. The Bertz CT molecular complexity index is 1090.